The third-order valence-electron chi connectivity index (χ3n) is 1.45. The maximum Gasteiger partial charge on any atom is 0.231 e. The molecule has 1 rings (SSSR count). The zero-order valence-corrected chi connectivity index (χ0v) is 7.24. The summed E-state index contributed by atoms with van der Waals surface area (Å²) >= 11 is 0. The van der Waals surface area contributed by atoms with E-state index in [2.05, 4.69) is 17.3 Å². The number of hydrogen-bond acceptors (Lipinski definition) is 3. The van der Waals surface area contributed by atoms with Crippen LogP contribution in [0.2, 0.25) is 0 Å². The van der Waals surface area contributed by atoms with E-state index in [1.807, 2.05) is 6.07 Å². The Kier molecular flexibility index (Phi) is 2.86. The molecular weight excluding hydrogens is 164 g/mol. The summed E-state index contributed by atoms with van der Waals surface area (Å²) in [5.74, 6) is 0.325. The fourth-order valence-electron chi connectivity index (χ4n) is 0.880. The van der Waals surface area contributed by atoms with Crippen LogP contribution in [0, 0.1) is 11.3 Å². The molecule has 1 heterocycles. The summed E-state index contributed by atoms with van der Waals surface area (Å²) in [4.78, 5) is 4.05. The summed E-state index contributed by atoms with van der Waals surface area (Å²) in [5, 5.41) is 8.66. The van der Waals surface area contributed by atoms with E-state index < -0.39 is 0 Å². The first-order valence-electron chi connectivity index (χ1n) is 3.62. The summed E-state index contributed by atoms with van der Waals surface area (Å²) in [6, 6.07) is 5.33. The van der Waals surface area contributed by atoms with Gasteiger partial charge in [0.2, 0.25) is 5.88 Å². The lowest BCUT2D eigenvalue weighted by atomic mass is 10.2. The van der Waals surface area contributed by atoms with Crippen molar-refractivity contribution in [2.45, 2.75) is 0 Å². The van der Waals surface area contributed by atoms with E-state index in [1.54, 1.807) is 18.2 Å². The van der Waals surface area contributed by atoms with Crippen molar-refractivity contribution in [1.82, 2.24) is 4.98 Å². The molecule has 0 atom stereocenters. The van der Waals surface area contributed by atoms with Crippen molar-refractivity contribution in [2.75, 3.05) is 7.11 Å². The minimum Gasteiger partial charge on any atom is -0.480 e. The summed E-state index contributed by atoms with van der Waals surface area (Å²) < 4.78 is 4.92. The quantitative estimate of drug-likeness (QED) is 0.638. The van der Waals surface area contributed by atoms with Crippen LogP contribution in [0.5, 0.6) is 5.88 Å². The van der Waals surface area contributed by atoms with Gasteiger partial charge >= 0.3 is 0 Å². The molecule has 0 fully saturated rings. The fraction of sp³-hybridized carbons (Fsp3) is 0.100. The molecule has 0 N–H and O–H groups in total. The lowest BCUT2D eigenvalue weighted by Gasteiger charge is -2.00. The SMILES string of the molecule is C=C=Cc1ccc(C#N)c(OC)n1. The van der Waals surface area contributed by atoms with Crippen molar-refractivity contribution in [3.63, 3.8) is 0 Å². The predicted molar refractivity (Wildman–Crippen MR) is 49.1 cm³/mol. The van der Waals surface area contributed by atoms with Crippen molar-refractivity contribution in [1.29, 1.82) is 5.26 Å². The minimum atomic E-state index is 0.325. The van der Waals surface area contributed by atoms with Crippen LogP contribution >= 0.6 is 0 Å². The second-order valence-corrected chi connectivity index (χ2v) is 2.25. The Balaban J connectivity index is 3.22. The Morgan fingerprint density at radius 3 is 2.92 bits per heavy atom. The zero-order valence-electron chi connectivity index (χ0n) is 7.24. The van der Waals surface area contributed by atoms with Crippen LogP contribution in [-0.2, 0) is 0 Å². The number of hydrogen-bond donors (Lipinski definition) is 0. The molecule has 64 valence electrons. The van der Waals surface area contributed by atoms with Gasteiger partial charge in [0.15, 0.2) is 0 Å². The van der Waals surface area contributed by atoms with Gasteiger partial charge in [-0.15, -0.1) is 5.73 Å². The van der Waals surface area contributed by atoms with Crippen molar-refractivity contribution in [2.24, 2.45) is 0 Å². The van der Waals surface area contributed by atoms with Gasteiger partial charge in [0.25, 0.3) is 0 Å². The number of nitriles is 1. The summed E-state index contributed by atoms with van der Waals surface area (Å²) in [6.07, 6.45) is 1.61. The monoisotopic (exact) mass is 172 g/mol. The highest BCUT2D eigenvalue weighted by Gasteiger charge is 2.02. The fourth-order valence-corrected chi connectivity index (χ4v) is 0.880. The molecule has 0 aliphatic rings. The third kappa shape index (κ3) is 1.96. The number of rotatable bonds is 2. The van der Waals surface area contributed by atoms with E-state index in [4.69, 9.17) is 10.00 Å². The first-order chi connectivity index (χ1) is 6.31. The van der Waals surface area contributed by atoms with E-state index in [0.29, 0.717) is 17.1 Å². The third-order valence-corrected chi connectivity index (χ3v) is 1.45. The van der Waals surface area contributed by atoms with Gasteiger partial charge in [0.05, 0.1) is 12.8 Å². The molecule has 0 aromatic carbocycles. The predicted octanol–water partition coefficient (Wildman–Crippen LogP) is 1.76. The van der Waals surface area contributed by atoms with Gasteiger partial charge in [-0.3, -0.25) is 0 Å². The molecule has 13 heavy (non-hydrogen) atoms. The molecule has 3 heteroatoms. The Morgan fingerprint density at radius 2 is 2.38 bits per heavy atom. The number of nitrogens with zero attached hydrogens (tertiary/aromatic N) is 2. The van der Waals surface area contributed by atoms with Crippen molar-refractivity contribution < 1.29 is 4.74 Å². The minimum absolute atomic E-state index is 0.325. The van der Waals surface area contributed by atoms with Gasteiger partial charge in [-0.05, 0) is 12.1 Å². The van der Waals surface area contributed by atoms with E-state index in [1.165, 1.54) is 7.11 Å². The van der Waals surface area contributed by atoms with E-state index in [0.717, 1.165) is 0 Å². The second kappa shape index (κ2) is 4.10. The van der Waals surface area contributed by atoms with E-state index >= 15 is 0 Å². The Labute approximate surface area is 76.6 Å². The first-order valence-corrected chi connectivity index (χ1v) is 3.62. The molecule has 1 aromatic rings. The molecule has 0 spiro atoms. The van der Waals surface area contributed by atoms with Crippen LogP contribution in [0.3, 0.4) is 0 Å². The molecular formula is C10H8N2O. The zero-order chi connectivity index (χ0) is 9.68. The highest BCUT2D eigenvalue weighted by atomic mass is 16.5. The molecule has 0 aliphatic heterocycles. The van der Waals surface area contributed by atoms with Gasteiger partial charge in [-0.25, -0.2) is 4.98 Å². The normalized spacial score (nSPS) is 8.31. The molecule has 0 bridgehead atoms. The lowest BCUT2D eigenvalue weighted by molar-refractivity contribution is 0.396. The van der Waals surface area contributed by atoms with Gasteiger partial charge in [-0.2, -0.15) is 5.26 Å². The Bertz CT molecular complexity index is 398. The van der Waals surface area contributed by atoms with Crippen LogP contribution in [0.15, 0.2) is 24.4 Å². The first kappa shape index (κ1) is 9.05. The topological polar surface area (TPSA) is 45.9 Å². The lowest BCUT2D eigenvalue weighted by Crippen LogP contribution is -1.93. The molecule has 0 radical (unpaired) electrons. The summed E-state index contributed by atoms with van der Waals surface area (Å²) in [7, 11) is 1.48. The van der Waals surface area contributed by atoms with E-state index in [-0.39, 0.29) is 0 Å². The van der Waals surface area contributed by atoms with Crippen molar-refractivity contribution in [3.05, 3.63) is 35.7 Å². The molecule has 1 aromatic heterocycles. The van der Waals surface area contributed by atoms with Gasteiger partial charge in [0, 0.05) is 6.08 Å². The Hall–Kier alpha value is -2.04. The highest BCUT2D eigenvalue weighted by molar-refractivity contribution is 5.48. The number of methoxy groups -OCH3 is 1. The smallest absolute Gasteiger partial charge is 0.231 e. The molecule has 0 saturated heterocycles. The number of aromatic nitrogens is 1. The average molecular weight is 172 g/mol. The number of pyridine rings is 1. The van der Waals surface area contributed by atoms with Crippen LogP contribution in [0.1, 0.15) is 11.3 Å². The molecule has 0 amide bonds. The molecule has 0 aliphatic carbocycles. The van der Waals surface area contributed by atoms with Crippen LogP contribution in [0.4, 0.5) is 0 Å². The van der Waals surface area contributed by atoms with Crippen LogP contribution in [0.25, 0.3) is 6.08 Å². The van der Waals surface area contributed by atoms with Gasteiger partial charge < -0.3 is 4.74 Å². The van der Waals surface area contributed by atoms with Gasteiger partial charge in [0.1, 0.15) is 11.6 Å². The molecule has 0 unspecified atom stereocenters. The van der Waals surface area contributed by atoms with Crippen molar-refractivity contribution in [3.8, 4) is 11.9 Å². The summed E-state index contributed by atoms with van der Waals surface area (Å²) in [5.41, 5.74) is 3.69. The van der Waals surface area contributed by atoms with Gasteiger partial charge in [-0.1, -0.05) is 6.58 Å². The Morgan fingerprint density at radius 1 is 1.62 bits per heavy atom. The summed E-state index contributed by atoms with van der Waals surface area (Å²) in [6.45, 7) is 3.43. The number of ether oxygens (including phenoxy) is 1. The largest absolute Gasteiger partial charge is 0.480 e. The maximum atomic E-state index is 8.66. The van der Waals surface area contributed by atoms with Crippen LogP contribution in [-0.4, -0.2) is 12.1 Å². The second-order valence-electron chi connectivity index (χ2n) is 2.25. The van der Waals surface area contributed by atoms with E-state index in [9.17, 15) is 0 Å². The van der Waals surface area contributed by atoms with Crippen LogP contribution < -0.4 is 4.74 Å². The average Bonchev–Trinajstić information content (AvgIpc) is 2.18. The van der Waals surface area contributed by atoms with Crippen molar-refractivity contribution >= 4 is 6.08 Å². The molecule has 0 saturated carbocycles. The maximum absolute atomic E-state index is 8.66. The standard InChI is InChI=1S/C10H8N2O/c1-3-4-9-6-5-8(7-11)10(12-9)13-2/h4-6H,1H2,2H3. The molecule has 3 nitrogen and oxygen atoms in total. The highest BCUT2D eigenvalue weighted by Crippen LogP contribution is 2.14.